The topological polar surface area (TPSA) is 42.9 Å². The molecule has 0 aliphatic carbocycles. The van der Waals surface area contributed by atoms with Crippen molar-refractivity contribution in [3.8, 4) is 0 Å². The zero-order valence-electron chi connectivity index (χ0n) is 6.45. The quantitative estimate of drug-likeness (QED) is 0.645. The summed E-state index contributed by atoms with van der Waals surface area (Å²) in [5, 5.41) is 0. The molecule has 1 heterocycles. The first-order valence-corrected chi connectivity index (χ1v) is 3.52. The fourth-order valence-electron chi connectivity index (χ4n) is 0.779. The van der Waals surface area contributed by atoms with Gasteiger partial charge in [-0.05, 0) is 18.9 Å². The summed E-state index contributed by atoms with van der Waals surface area (Å²) < 4.78 is 0. The van der Waals surface area contributed by atoms with Gasteiger partial charge in [-0.15, -0.1) is 0 Å². The fourth-order valence-corrected chi connectivity index (χ4v) is 0.779. The monoisotopic (exact) mass is 150 g/mol. The number of rotatable bonds is 3. The Morgan fingerprint density at radius 1 is 1.45 bits per heavy atom. The Balaban J connectivity index is 2.45. The molecule has 3 nitrogen and oxygen atoms in total. The highest BCUT2D eigenvalue weighted by Crippen LogP contribution is 1.98. The summed E-state index contributed by atoms with van der Waals surface area (Å²) in [6.45, 7) is 1.59. The summed E-state index contributed by atoms with van der Waals surface area (Å²) in [6, 6.07) is 0. The minimum absolute atomic E-state index is 0.203. The van der Waals surface area contributed by atoms with E-state index in [9.17, 15) is 4.79 Å². The summed E-state index contributed by atoms with van der Waals surface area (Å²) in [7, 11) is 0. The summed E-state index contributed by atoms with van der Waals surface area (Å²) in [5.41, 5.74) is 1.02. The van der Waals surface area contributed by atoms with Crippen molar-refractivity contribution in [3.05, 3.63) is 24.3 Å². The number of carbonyl (C=O) groups is 1. The first-order valence-electron chi connectivity index (χ1n) is 3.52. The van der Waals surface area contributed by atoms with Crippen LogP contribution < -0.4 is 0 Å². The zero-order valence-corrected chi connectivity index (χ0v) is 6.45. The van der Waals surface area contributed by atoms with Crippen molar-refractivity contribution in [2.75, 3.05) is 0 Å². The number of nitrogens with zero attached hydrogens (tertiary/aromatic N) is 2. The standard InChI is InChI=1S/C8H10N2O/c1-7(11)2-3-8-4-9-6-10-5-8/h4-6H,2-3H2,1H3. The predicted molar refractivity (Wildman–Crippen MR) is 41.0 cm³/mol. The molecule has 1 aromatic heterocycles. The lowest BCUT2D eigenvalue weighted by molar-refractivity contribution is -0.116. The van der Waals surface area contributed by atoms with Crippen LogP contribution in [0.5, 0.6) is 0 Å². The van der Waals surface area contributed by atoms with Crippen molar-refractivity contribution in [2.45, 2.75) is 19.8 Å². The molecule has 1 rings (SSSR count). The summed E-state index contributed by atoms with van der Waals surface area (Å²) in [6.07, 6.45) is 6.27. The molecule has 0 bridgehead atoms. The minimum Gasteiger partial charge on any atom is -0.300 e. The molecule has 0 amide bonds. The number of aryl methyl sites for hydroxylation is 1. The van der Waals surface area contributed by atoms with Crippen LogP contribution in [0.1, 0.15) is 18.9 Å². The number of aromatic nitrogens is 2. The van der Waals surface area contributed by atoms with Gasteiger partial charge in [0, 0.05) is 18.8 Å². The van der Waals surface area contributed by atoms with Crippen molar-refractivity contribution in [2.24, 2.45) is 0 Å². The van der Waals surface area contributed by atoms with E-state index >= 15 is 0 Å². The summed E-state index contributed by atoms with van der Waals surface area (Å²) in [5.74, 6) is 0.203. The lowest BCUT2D eigenvalue weighted by Gasteiger charge is -1.94. The van der Waals surface area contributed by atoms with E-state index in [1.807, 2.05) is 0 Å². The highest BCUT2D eigenvalue weighted by atomic mass is 16.1. The van der Waals surface area contributed by atoms with Crippen molar-refractivity contribution in [3.63, 3.8) is 0 Å². The smallest absolute Gasteiger partial charge is 0.130 e. The third-order valence-corrected chi connectivity index (χ3v) is 1.38. The third kappa shape index (κ3) is 2.89. The lowest BCUT2D eigenvalue weighted by Crippen LogP contribution is -1.94. The average molecular weight is 150 g/mol. The maximum Gasteiger partial charge on any atom is 0.130 e. The largest absolute Gasteiger partial charge is 0.300 e. The Hall–Kier alpha value is -1.25. The lowest BCUT2D eigenvalue weighted by atomic mass is 10.1. The Labute approximate surface area is 65.5 Å². The van der Waals surface area contributed by atoms with E-state index in [4.69, 9.17) is 0 Å². The minimum atomic E-state index is 0.203. The molecule has 11 heavy (non-hydrogen) atoms. The van der Waals surface area contributed by atoms with Crippen molar-refractivity contribution in [1.82, 2.24) is 9.97 Å². The van der Waals surface area contributed by atoms with E-state index in [0.717, 1.165) is 12.0 Å². The third-order valence-electron chi connectivity index (χ3n) is 1.38. The first-order chi connectivity index (χ1) is 5.29. The SMILES string of the molecule is CC(=O)CCc1cncnc1. The molecular weight excluding hydrogens is 140 g/mol. The summed E-state index contributed by atoms with van der Waals surface area (Å²) in [4.78, 5) is 18.3. The van der Waals surface area contributed by atoms with Gasteiger partial charge in [0.1, 0.15) is 12.1 Å². The van der Waals surface area contributed by atoms with Gasteiger partial charge in [0.2, 0.25) is 0 Å². The average Bonchev–Trinajstić information content (AvgIpc) is 2.03. The molecule has 1 aromatic rings. The number of hydrogen-bond acceptors (Lipinski definition) is 3. The Morgan fingerprint density at radius 3 is 2.64 bits per heavy atom. The van der Waals surface area contributed by atoms with Gasteiger partial charge in [-0.2, -0.15) is 0 Å². The van der Waals surface area contributed by atoms with Gasteiger partial charge in [0.05, 0.1) is 0 Å². The van der Waals surface area contributed by atoms with Gasteiger partial charge in [0.15, 0.2) is 0 Å². The van der Waals surface area contributed by atoms with Crippen LogP contribution >= 0.6 is 0 Å². The van der Waals surface area contributed by atoms with Gasteiger partial charge in [0.25, 0.3) is 0 Å². The van der Waals surface area contributed by atoms with Crippen molar-refractivity contribution < 1.29 is 4.79 Å². The second-order valence-electron chi connectivity index (χ2n) is 2.45. The summed E-state index contributed by atoms with van der Waals surface area (Å²) >= 11 is 0. The molecule has 0 radical (unpaired) electrons. The second kappa shape index (κ2) is 3.81. The van der Waals surface area contributed by atoms with Crippen LogP contribution in [0.3, 0.4) is 0 Å². The second-order valence-corrected chi connectivity index (χ2v) is 2.45. The zero-order chi connectivity index (χ0) is 8.10. The van der Waals surface area contributed by atoms with Crippen LogP contribution in [-0.4, -0.2) is 15.8 Å². The van der Waals surface area contributed by atoms with Gasteiger partial charge in [-0.25, -0.2) is 9.97 Å². The molecule has 0 saturated carbocycles. The highest BCUT2D eigenvalue weighted by Gasteiger charge is 1.95. The van der Waals surface area contributed by atoms with Gasteiger partial charge < -0.3 is 4.79 Å². The number of ketones is 1. The van der Waals surface area contributed by atoms with E-state index in [1.165, 1.54) is 6.33 Å². The highest BCUT2D eigenvalue weighted by molar-refractivity contribution is 5.75. The molecule has 0 N–H and O–H groups in total. The molecule has 0 aromatic carbocycles. The van der Waals surface area contributed by atoms with Crippen LogP contribution in [0, 0.1) is 0 Å². The molecule has 0 atom stereocenters. The maximum absolute atomic E-state index is 10.6. The Morgan fingerprint density at radius 2 is 2.09 bits per heavy atom. The van der Waals surface area contributed by atoms with E-state index in [0.29, 0.717) is 6.42 Å². The van der Waals surface area contributed by atoms with Crippen LogP contribution in [0.25, 0.3) is 0 Å². The van der Waals surface area contributed by atoms with E-state index in [-0.39, 0.29) is 5.78 Å². The molecule has 0 fully saturated rings. The van der Waals surface area contributed by atoms with Crippen LogP contribution in [-0.2, 0) is 11.2 Å². The molecule has 0 unspecified atom stereocenters. The van der Waals surface area contributed by atoms with E-state index in [1.54, 1.807) is 19.3 Å². The molecule has 0 saturated heterocycles. The predicted octanol–water partition coefficient (Wildman–Crippen LogP) is 0.998. The van der Waals surface area contributed by atoms with Crippen molar-refractivity contribution in [1.29, 1.82) is 0 Å². The van der Waals surface area contributed by atoms with Crippen LogP contribution in [0.2, 0.25) is 0 Å². The van der Waals surface area contributed by atoms with Crippen molar-refractivity contribution >= 4 is 5.78 Å². The van der Waals surface area contributed by atoms with Crippen LogP contribution in [0.4, 0.5) is 0 Å². The fraction of sp³-hybridized carbons (Fsp3) is 0.375. The molecule has 0 spiro atoms. The normalized spacial score (nSPS) is 9.55. The Bertz CT molecular complexity index is 233. The molecular formula is C8H10N2O. The number of hydrogen-bond donors (Lipinski definition) is 0. The number of carbonyl (C=O) groups excluding carboxylic acids is 1. The molecule has 3 heteroatoms. The first kappa shape index (κ1) is 7.85. The molecule has 0 aliphatic rings. The van der Waals surface area contributed by atoms with Gasteiger partial charge in [-0.3, -0.25) is 0 Å². The van der Waals surface area contributed by atoms with Gasteiger partial charge in [-0.1, -0.05) is 0 Å². The Kier molecular flexibility index (Phi) is 2.72. The van der Waals surface area contributed by atoms with E-state index in [2.05, 4.69) is 9.97 Å². The van der Waals surface area contributed by atoms with E-state index < -0.39 is 0 Å². The van der Waals surface area contributed by atoms with Gasteiger partial charge >= 0.3 is 0 Å². The number of Topliss-reactive ketones (excluding diaryl/α,β-unsaturated/α-hetero) is 1. The van der Waals surface area contributed by atoms with Crippen LogP contribution in [0.15, 0.2) is 18.7 Å². The molecule has 58 valence electrons. The molecule has 0 aliphatic heterocycles. The maximum atomic E-state index is 10.6.